The van der Waals surface area contributed by atoms with Crippen molar-refractivity contribution >= 4 is 39.7 Å². The summed E-state index contributed by atoms with van der Waals surface area (Å²) in [7, 11) is 0. The van der Waals surface area contributed by atoms with E-state index < -0.39 is 0 Å². The van der Waals surface area contributed by atoms with Crippen LogP contribution in [0.4, 0.5) is 16.8 Å². The number of nitrogens with two attached hydrogens (primary N) is 1. The van der Waals surface area contributed by atoms with Crippen molar-refractivity contribution in [3.8, 4) is 0 Å². The maximum absolute atomic E-state index is 6.22. The van der Waals surface area contributed by atoms with Crippen LogP contribution in [0.5, 0.6) is 0 Å². The monoisotopic (exact) mass is 414 g/mol. The summed E-state index contributed by atoms with van der Waals surface area (Å²) in [5, 5.41) is 22.8. The highest BCUT2D eigenvalue weighted by molar-refractivity contribution is 7.15. The third-order valence-corrected chi connectivity index (χ3v) is 5.65. The second-order valence-electron chi connectivity index (χ2n) is 6.39. The van der Waals surface area contributed by atoms with Crippen LogP contribution in [0.25, 0.3) is 0 Å². The molecule has 1 atom stereocenters. The lowest BCUT2D eigenvalue weighted by atomic mass is 10.2. The Morgan fingerprint density at radius 2 is 2.04 bits per heavy atom. The average Bonchev–Trinajstić information content (AvgIpc) is 3.38. The number of nitrogens with zero attached hydrogens (tertiary/aromatic N) is 6. The lowest BCUT2D eigenvalue weighted by Gasteiger charge is -2.10. The van der Waals surface area contributed by atoms with Crippen LogP contribution in [0.3, 0.4) is 0 Å². The van der Waals surface area contributed by atoms with E-state index in [1.54, 1.807) is 0 Å². The number of hydrogen-bond donors (Lipinski definition) is 2. The molecule has 3 N–H and O–H groups in total. The highest BCUT2D eigenvalue weighted by Crippen LogP contribution is 2.27. The first-order valence-corrected chi connectivity index (χ1v) is 9.88. The van der Waals surface area contributed by atoms with Crippen LogP contribution < -0.4 is 11.1 Å². The molecule has 0 aliphatic heterocycles. The van der Waals surface area contributed by atoms with E-state index in [2.05, 4.69) is 25.7 Å². The maximum Gasteiger partial charge on any atom is 0.211 e. The number of anilines is 3. The molecule has 10 heteroatoms. The van der Waals surface area contributed by atoms with Gasteiger partial charge in [0.1, 0.15) is 16.9 Å². The molecule has 0 radical (unpaired) electrons. The van der Waals surface area contributed by atoms with Gasteiger partial charge in [0.05, 0.1) is 6.54 Å². The number of nitrogen functional groups attached to an aromatic ring is 1. The van der Waals surface area contributed by atoms with E-state index >= 15 is 0 Å². The van der Waals surface area contributed by atoms with Crippen molar-refractivity contribution in [2.45, 2.75) is 26.4 Å². The first-order chi connectivity index (χ1) is 13.5. The van der Waals surface area contributed by atoms with Crippen molar-refractivity contribution in [3.63, 3.8) is 0 Å². The number of aryl methyl sites for hydroxylation is 1. The van der Waals surface area contributed by atoms with Crippen LogP contribution in [0, 0.1) is 6.92 Å². The summed E-state index contributed by atoms with van der Waals surface area (Å²) in [4.78, 5) is 0. The lowest BCUT2D eigenvalue weighted by Crippen LogP contribution is -2.10. The van der Waals surface area contributed by atoms with Crippen molar-refractivity contribution in [1.82, 2.24) is 29.8 Å². The Bertz CT molecular complexity index is 1100. The summed E-state index contributed by atoms with van der Waals surface area (Å²) in [6.07, 6.45) is 1.89. The number of halogens is 1. The Labute approximate surface area is 171 Å². The average molecular weight is 415 g/mol. The molecule has 0 saturated heterocycles. The van der Waals surface area contributed by atoms with Gasteiger partial charge in [-0.1, -0.05) is 41.1 Å². The molecule has 0 bridgehead atoms. The van der Waals surface area contributed by atoms with E-state index in [-0.39, 0.29) is 6.04 Å². The molecule has 0 amide bonds. The summed E-state index contributed by atoms with van der Waals surface area (Å²) < 4.78 is 3.67. The van der Waals surface area contributed by atoms with Crippen LogP contribution in [-0.2, 0) is 6.54 Å². The maximum atomic E-state index is 6.22. The molecule has 3 heterocycles. The van der Waals surface area contributed by atoms with Crippen LogP contribution in [0.15, 0.2) is 42.6 Å². The molecule has 4 aromatic rings. The number of aromatic nitrogens is 6. The van der Waals surface area contributed by atoms with Gasteiger partial charge in [0.25, 0.3) is 0 Å². The minimum atomic E-state index is -0.0527. The normalized spacial score (nSPS) is 12.2. The first-order valence-electron chi connectivity index (χ1n) is 8.68. The van der Waals surface area contributed by atoms with Crippen molar-refractivity contribution in [2.75, 3.05) is 11.1 Å². The smallest absolute Gasteiger partial charge is 0.211 e. The molecule has 1 aromatic carbocycles. The molecule has 8 nitrogen and oxygen atoms in total. The van der Waals surface area contributed by atoms with E-state index in [1.165, 1.54) is 11.3 Å². The molecular weight excluding hydrogens is 396 g/mol. The fourth-order valence-electron chi connectivity index (χ4n) is 2.89. The van der Waals surface area contributed by atoms with Gasteiger partial charge in [-0.2, -0.15) is 10.2 Å². The number of hydrogen-bond acceptors (Lipinski definition) is 7. The first kappa shape index (κ1) is 18.5. The van der Waals surface area contributed by atoms with Gasteiger partial charge in [0.2, 0.25) is 5.13 Å². The topological polar surface area (TPSA) is 99.5 Å². The molecule has 0 aliphatic rings. The summed E-state index contributed by atoms with van der Waals surface area (Å²) in [5.41, 5.74) is 7.77. The largest absolute Gasteiger partial charge is 0.382 e. The van der Waals surface area contributed by atoms with Gasteiger partial charge in [0.15, 0.2) is 5.82 Å². The Morgan fingerprint density at radius 1 is 1.21 bits per heavy atom. The highest BCUT2D eigenvalue weighted by atomic mass is 35.5. The van der Waals surface area contributed by atoms with Crippen molar-refractivity contribution < 1.29 is 0 Å². The van der Waals surface area contributed by atoms with E-state index in [9.17, 15) is 0 Å². The molecule has 1 unspecified atom stereocenters. The molecular formula is C18H19ClN8S. The fourth-order valence-corrected chi connectivity index (χ4v) is 3.87. The zero-order valence-corrected chi connectivity index (χ0v) is 16.9. The standard InChI is InChI=1S/C18H19ClN8S/c1-11-9-15(20)24-27(11)12(2)17-22-23-18(28-17)21-16-7-8-26(25-16)10-13-5-3-4-6-14(13)19/h3-9,12H,10H2,1-2H3,(H2,20,24)(H,21,23,25). The second-order valence-corrected chi connectivity index (χ2v) is 7.81. The molecule has 0 spiro atoms. The SMILES string of the molecule is Cc1cc(N)nn1C(C)c1nnc(Nc2ccn(Cc3ccccc3Cl)n2)s1. The second kappa shape index (κ2) is 7.61. The molecule has 0 aliphatic carbocycles. The molecule has 0 fully saturated rings. The van der Waals surface area contributed by atoms with E-state index in [0.29, 0.717) is 23.3 Å². The molecule has 144 valence electrons. The van der Waals surface area contributed by atoms with Crippen molar-refractivity contribution in [1.29, 1.82) is 0 Å². The van der Waals surface area contributed by atoms with Crippen LogP contribution in [0.2, 0.25) is 5.02 Å². The molecule has 3 aromatic heterocycles. The van der Waals surface area contributed by atoms with Crippen LogP contribution in [-0.4, -0.2) is 29.8 Å². The van der Waals surface area contributed by atoms with Gasteiger partial charge in [-0.25, -0.2) is 0 Å². The zero-order valence-electron chi connectivity index (χ0n) is 15.4. The third-order valence-electron chi connectivity index (χ3n) is 4.27. The van der Waals surface area contributed by atoms with Gasteiger partial charge in [-0.05, 0) is 25.5 Å². The zero-order chi connectivity index (χ0) is 19.7. The number of nitrogens with one attached hydrogen (secondary N) is 1. The predicted molar refractivity (Wildman–Crippen MR) is 111 cm³/mol. The quantitative estimate of drug-likeness (QED) is 0.496. The Balaban J connectivity index is 1.45. The number of benzene rings is 1. The van der Waals surface area contributed by atoms with E-state index in [1.807, 2.05) is 65.8 Å². The van der Waals surface area contributed by atoms with Crippen LogP contribution >= 0.6 is 22.9 Å². The Hall–Kier alpha value is -2.91. The Morgan fingerprint density at radius 3 is 2.79 bits per heavy atom. The highest BCUT2D eigenvalue weighted by Gasteiger charge is 2.17. The number of rotatable bonds is 6. The lowest BCUT2D eigenvalue weighted by molar-refractivity contribution is 0.545. The summed E-state index contributed by atoms with van der Waals surface area (Å²) >= 11 is 7.68. The molecule has 4 rings (SSSR count). The van der Waals surface area contributed by atoms with Gasteiger partial charge in [0, 0.05) is 29.0 Å². The summed E-state index contributed by atoms with van der Waals surface area (Å²) in [5.74, 6) is 1.19. The third kappa shape index (κ3) is 3.85. The molecule has 28 heavy (non-hydrogen) atoms. The summed E-state index contributed by atoms with van der Waals surface area (Å²) in [6, 6.07) is 11.4. The van der Waals surface area contributed by atoms with Gasteiger partial charge < -0.3 is 11.1 Å². The van der Waals surface area contributed by atoms with Gasteiger partial charge in [-0.15, -0.1) is 10.2 Å². The minimum Gasteiger partial charge on any atom is -0.382 e. The van der Waals surface area contributed by atoms with Gasteiger partial charge >= 0.3 is 0 Å². The fraction of sp³-hybridized carbons (Fsp3) is 0.222. The van der Waals surface area contributed by atoms with Crippen molar-refractivity contribution in [2.24, 2.45) is 0 Å². The van der Waals surface area contributed by atoms with Crippen LogP contribution in [0.1, 0.15) is 29.2 Å². The predicted octanol–water partition coefficient (Wildman–Crippen LogP) is 3.88. The summed E-state index contributed by atoms with van der Waals surface area (Å²) in [6.45, 7) is 4.58. The Kier molecular flexibility index (Phi) is 5.01. The van der Waals surface area contributed by atoms with Gasteiger partial charge in [-0.3, -0.25) is 9.36 Å². The van der Waals surface area contributed by atoms with Crippen molar-refractivity contribution in [3.05, 3.63) is 63.9 Å². The van der Waals surface area contributed by atoms with E-state index in [0.717, 1.165) is 21.3 Å². The molecule has 0 saturated carbocycles. The minimum absolute atomic E-state index is 0.0527. The van der Waals surface area contributed by atoms with E-state index in [4.69, 9.17) is 17.3 Å².